The van der Waals surface area contributed by atoms with E-state index in [-0.39, 0.29) is 6.61 Å². The van der Waals surface area contributed by atoms with Gasteiger partial charge in [0.1, 0.15) is 6.29 Å². The molecule has 1 aromatic carbocycles. The van der Waals surface area contributed by atoms with E-state index >= 15 is 0 Å². The second kappa shape index (κ2) is 7.89. The van der Waals surface area contributed by atoms with Crippen LogP contribution < -0.4 is 0 Å². The van der Waals surface area contributed by atoms with Crippen LogP contribution in [-0.2, 0) is 20.7 Å². The van der Waals surface area contributed by atoms with Gasteiger partial charge in [0.2, 0.25) is 0 Å². The van der Waals surface area contributed by atoms with E-state index in [1.54, 1.807) is 25.1 Å². The predicted octanol–water partition coefficient (Wildman–Crippen LogP) is 2.09. The first kappa shape index (κ1) is 15.6. The quantitative estimate of drug-likeness (QED) is 0.468. The number of esters is 1. The number of rotatable bonds is 7. The molecule has 0 saturated heterocycles. The molecule has 1 aromatic rings. The van der Waals surface area contributed by atoms with Gasteiger partial charge >= 0.3 is 11.9 Å². The minimum Gasteiger partial charge on any atom is -0.478 e. The summed E-state index contributed by atoms with van der Waals surface area (Å²) >= 11 is 0. The van der Waals surface area contributed by atoms with Crippen molar-refractivity contribution >= 4 is 24.3 Å². The average molecular weight is 276 g/mol. The fraction of sp³-hybridized carbons (Fsp3) is 0.267. The van der Waals surface area contributed by atoms with Gasteiger partial charge in [0.05, 0.1) is 12.2 Å². The van der Waals surface area contributed by atoms with Crippen molar-refractivity contribution in [3.63, 3.8) is 0 Å². The molecule has 5 heteroatoms. The van der Waals surface area contributed by atoms with Crippen LogP contribution in [-0.4, -0.2) is 29.9 Å². The molecule has 0 fully saturated rings. The minimum absolute atomic E-state index is 0.281. The van der Waals surface area contributed by atoms with Crippen LogP contribution in [0, 0.1) is 0 Å². The number of hydrogen-bond acceptors (Lipinski definition) is 4. The molecule has 1 rings (SSSR count). The lowest BCUT2D eigenvalue weighted by Gasteiger charge is -2.08. The van der Waals surface area contributed by atoms with Crippen molar-refractivity contribution in [1.29, 1.82) is 0 Å². The van der Waals surface area contributed by atoms with Gasteiger partial charge in [0.15, 0.2) is 0 Å². The SMILES string of the molecule is CCOC(=O)c1ccc(/C=C/C(=O)O)c(CCC=O)c1. The van der Waals surface area contributed by atoms with Crippen LogP contribution in [0.5, 0.6) is 0 Å². The van der Waals surface area contributed by atoms with Gasteiger partial charge in [0.25, 0.3) is 0 Å². The van der Waals surface area contributed by atoms with Crippen LogP contribution in [0.4, 0.5) is 0 Å². The molecule has 0 spiro atoms. The smallest absolute Gasteiger partial charge is 0.338 e. The Balaban J connectivity index is 3.08. The number of aryl methyl sites for hydroxylation is 1. The lowest BCUT2D eigenvalue weighted by molar-refractivity contribution is -0.131. The van der Waals surface area contributed by atoms with Crippen molar-refractivity contribution in [2.24, 2.45) is 0 Å². The van der Waals surface area contributed by atoms with Crippen LogP contribution >= 0.6 is 0 Å². The highest BCUT2D eigenvalue weighted by atomic mass is 16.5. The third kappa shape index (κ3) is 4.68. The molecular weight excluding hydrogens is 260 g/mol. The Kier molecular flexibility index (Phi) is 6.16. The first-order chi connectivity index (χ1) is 9.58. The molecule has 0 saturated carbocycles. The molecule has 0 atom stereocenters. The van der Waals surface area contributed by atoms with Crippen molar-refractivity contribution in [1.82, 2.24) is 0 Å². The molecule has 0 aliphatic carbocycles. The van der Waals surface area contributed by atoms with E-state index in [0.29, 0.717) is 24.0 Å². The van der Waals surface area contributed by atoms with E-state index in [1.807, 2.05) is 0 Å². The predicted molar refractivity (Wildman–Crippen MR) is 73.5 cm³/mol. The largest absolute Gasteiger partial charge is 0.478 e. The molecular formula is C15H16O5. The maximum atomic E-state index is 11.6. The van der Waals surface area contributed by atoms with Crippen LogP contribution in [0.1, 0.15) is 34.8 Å². The molecule has 0 radical (unpaired) electrons. The molecule has 0 heterocycles. The summed E-state index contributed by atoms with van der Waals surface area (Å²) in [5, 5.41) is 8.64. The van der Waals surface area contributed by atoms with Gasteiger partial charge in [-0.05, 0) is 42.7 Å². The highest BCUT2D eigenvalue weighted by molar-refractivity contribution is 5.90. The number of carbonyl (C=O) groups is 3. The number of benzene rings is 1. The number of carbonyl (C=O) groups excluding carboxylic acids is 2. The summed E-state index contributed by atoms with van der Waals surface area (Å²) in [6.07, 6.45) is 3.99. The van der Waals surface area contributed by atoms with E-state index in [0.717, 1.165) is 17.9 Å². The molecule has 106 valence electrons. The minimum atomic E-state index is -1.05. The summed E-state index contributed by atoms with van der Waals surface area (Å²) in [5.41, 5.74) is 1.79. The molecule has 0 aliphatic heterocycles. The van der Waals surface area contributed by atoms with E-state index < -0.39 is 11.9 Å². The van der Waals surface area contributed by atoms with Crippen molar-refractivity contribution < 1.29 is 24.2 Å². The molecule has 0 aromatic heterocycles. The molecule has 0 amide bonds. The van der Waals surface area contributed by atoms with E-state index in [1.165, 1.54) is 6.08 Å². The lowest BCUT2D eigenvalue weighted by atomic mass is 9.99. The summed E-state index contributed by atoms with van der Waals surface area (Å²) in [4.78, 5) is 32.7. The Labute approximate surface area is 116 Å². The highest BCUT2D eigenvalue weighted by Gasteiger charge is 2.09. The van der Waals surface area contributed by atoms with Crippen molar-refractivity contribution in [2.75, 3.05) is 6.61 Å². The molecule has 20 heavy (non-hydrogen) atoms. The topological polar surface area (TPSA) is 80.7 Å². The molecule has 0 unspecified atom stereocenters. The lowest BCUT2D eigenvalue weighted by Crippen LogP contribution is -2.06. The third-order valence-electron chi connectivity index (χ3n) is 2.59. The number of aldehydes is 1. The fourth-order valence-corrected chi connectivity index (χ4v) is 1.70. The van der Waals surface area contributed by atoms with E-state index in [4.69, 9.17) is 9.84 Å². The summed E-state index contributed by atoms with van der Waals surface area (Å²) < 4.78 is 4.90. The van der Waals surface area contributed by atoms with E-state index in [9.17, 15) is 14.4 Å². The Morgan fingerprint density at radius 1 is 1.35 bits per heavy atom. The van der Waals surface area contributed by atoms with Crippen LogP contribution in [0.3, 0.4) is 0 Å². The zero-order chi connectivity index (χ0) is 15.0. The third-order valence-corrected chi connectivity index (χ3v) is 2.59. The second-order valence-electron chi connectivity index (χ2n) is 4.01. The Bertz CT molecular complexity index is 531. The summed E-state index contributed by atoms with van der Waals surface area (Å²) in [5.74, 6) is -1.49. The maximum absolute atomic E-state index is 11.6. The van der Waals surface area contributed by atoms with Gasteiger partial charge in [-0.15, -0.1) is 0 Å². The highest BCUT2D eigenvalue weighted by Crippen LogP contribution is 2.16. The van der Waals surface area contributed by atoms with Crippen molar-refractivity contribution in [3.05, 3.63) is 41.0 Å². The molecule has 0 bridgehead atoms. The van der Waals surface area contributed by atoms with Gasteiger partial charge in [-0.2, -0.15) is 0 Å². The Morgan fingerprint density at radius 3 is 2.70 bits per heavy atom. The first-order valence-electron chi connectivity index (χ1n) is 6.23. The van der Waals surface area contributed by atoms with Crippen LogP contribution in [0.2, 0.25) is 0 Å². The first-order valence-corrected chi connectivity index (χ1v) is 6.23. The monoisotopic (exact) mass is 276 g/mol. The van der Waals surface area contributed by atoms with Crippen molar-refractivity contribution in [3.8, 4) is 0 Å². The van der Waals surface area contributed by atoms with Crippen LogP contribution in [0.15, 0.2) is 24.3 Å². The van der Waals surface area contributed by atoms with E-state index in [2.05, 4.69) is 0 Å². The maximum Gasteiger partial charge on any atom is 0.338 e. The summed E-state index contributed by atoms with van der Waals surface area (Å²) in [6, 6.07) is 4.85. The molecule has 0 aliphatic rings. The normalized spacial score (nSPS) is 10.4. The number of ether oxygens (including phenoxy) is 1. The number of aliphatic carboxylic acids is 1. The van der Waals surface area contributed by atoms with Gasteiger partial charge in [-0.1, -0.05) is 6.07 Å². The number of carboxylic acids is 1. The Hall–Kier alpha value is -2.43. The van der Waals surface area contributed by atoms with Gasteiger partial charge in [-0.3, -0.25) is 0 Å². The second-order valence-corrected chi connectivity index (χ2v) is 4.01. The zero-order valence-electron chi connectivity index (χ0n) is 11.2. The fourth-order valence-electron chi connectivity index (χ4n) is 1.70. The molecule has 1 N–H and O–H groups in total. The van der Waals surface area contributed by atoms with Gasteiger partial charge in [0, 0.05) is 12.5 Å². The summed E-state index contributed by atoms with van der Waals surface area (Å²) in [7, 11) is 0. The van der Waals surface area contributed by atoms with Crippen LogP contribution in [0.25, 0.3) is 6.08 Å². The average Bonchev–Trinajstić information content (AvgIpc) is 2.43. The van der Waals surface area contributed by atoms with Gasteiger partial charge in [-0.25, -0.2) is 9.59 Å². The van der Waals surface area contributed by atoms with Crippen molar-refractivity contribution in [2.45, 2.75) is 19.8 Å². The standard InChI is InChI=1S/C15H16O5/c1-2-20-15(19)13-6-5-11(7-8-14(17)18)12(10-13)4-3-9-16/h5-10H,2-4H2,1H3,(H,17,18)/b8-7+. The molecule has 5 nitrogen and oxygen atoms in total. The summed E-state index contributed by atoms with van der Waals surface area (Å²) in [6.45, 7) is 2.00. The number of hydrogen-bond donors (Lipinski definition) is 1. The number of carboxylic acid groups (broad SMARTS) is 1. The zero-order valence-corrected chi connectivity index (χ0v) is 11.2. The Morgan fingerprint density at radius 2 is 2.10 bits per heavy atom. The van der Waals surface area contributed by atoms with Gasteiger partial charge < -0.3 is 14.6 Å².